The van der Waals surface area contributed by atoms with Gasteiger partial charge in [0, 0.05) is 11.3 Å². The first kappa shape index (κ1) is 13.9. The molecule has 0 radical (unpaired) electrons. The summed E-state index contributed by atoms with van der Waals surface area (Å²) in [4.78, 5) is 2.36. The fourth-order valence-electron chi connectivity index (χ4n) is 3.36. The molecule has 0 saturated carbocycles. The van der Waals surface area contributed by atoms with Crippen molar-refractivity contribution in [1.29, 1.82) is 0 Å². The number of rotatable bonds is 2. The van der Waals surface area contributed by atoms with Gasteiger partial charge in [-0.1, -0.05) is 90.3 Å². The Morgan fingerprint density at radius 2 is 1.30 bits per heavy atom. The zero-order valence-corrected chi connectivity index (χ0v) is 13.2. The molecule has 0 spiro atoms. The highest BCUT2D eigenvalue weighted by atomic mass is 15.0. The van der Waals surface area contributed by atoms with Gasteiger partial charge in [0.1, 0.15) is 0 Å². The number of hydrogen-bond acceptors (Lipinski definition) is 1. The van der Waals surface area contributed by atoms with Crippen molar-refractivity contribution in [3.8, 4) is 0 Å². The van der Waals surface area contributed by atoms with E-state index in [1.54, 1.807) is 0 Å². The van der Waals surface area contributed by atoms with Gasteiger partial charge in [-0.15, -0.1) is 0 Å². The summed E-state index contributed by atoms with van der Waals surface area (Å²) in [7, 11) is 2.18. The Hall–Kier alpha value is -2.74. The molecule has 2 heteroatoms. The van der Waals surface area contributed by atoms with Gasteiger partial charge in [-0.2, -0.15) is 0 Å². The molecule has 0 atom stereocenters. The molecule has 3 aromatic carbocycles. The zero-order chi connectivity index (χ0) is 15.6. The number of fused-ring (bicyclic) bond motifs is 1. The standard InChI is InChI=1S/C21H18BN/c1-23-21-15-9-8-14-19(21)20(17-10-4-2-5-11-17)16-22(23)18-12-6-3-7-13-18/h2-16H,1H3. The first-order chi connectivity index (χ1) is 11.3. The van der Waals surface area contributed by atoms with Crippen LogP contribution in [0.3, 0.4) is 0 Å². The van der Waals surface area contributed by atoms with Crippen LogP contribution < -0.4 is 10.3 Å². The minimum Gasteiger partial charge on any atom is -0.410 e. The van der Waals surface area contributed by atoms with Crippen LogP contribution in [0, 0.1) is 0 Å². The Morgan fingerprint density at radius 1 is 0.696 bits per heavy atom. The van der Waals surface area contributed by atoms with Gasteiger partial charge in [0.05, 0.1) is 0 Å². The Labute approximate surface area is 138 Å². The summed E-state index contributed by atoms with van der Waals surface area (Å²) in [6.07, 6.45) is 0. The van der Waals surface area contributed by atoms with E-state index in [-0.39, 0.29) is 6.85 Å². The molecule has 0 saturated heterocycles. The maximum atomic E-state index is 2.38. The average molecular weight is 295 g/mol. The normalized spacial score (nSPS) is 13.5. The highest BCUT2D eigenvalue weighted by Crippen LogP contribution is 2.35. The second-order valence-electron chi connectivity index (χ2n) is 5.93. The van der Waals surface area contributed by atoms with Crippen molar-refractivity contribution in [2.45, 2.75) is 0 Å². The van der Waals surface area contributed by atoms with Gasteiger partial charge < -0.3 is 4.81 Å². The van der Waals surface area contributed by atoms with Gasteiger partial charge in [0.15, 0.2) is 0 Å². The topological polar surface area (TPSA) is 3.24 Å². The van der Waals surface area contributed by atoms with Gasteiger partial charge in [-0.25, -0.2) is 0 Å². The van der Waals surface area contributed by atoms with Crippen LogP contribution in [0.2, 0.25) is 0 Å². The maximum absolute atomic E-state index is 2.38. The van der Waals surface area contributed by atoms with E-state index in [1.807, 2.05) is 0 Å². The summed E-state index contributed by atoms with van der Waals surface area (Å²) in [5.74, 6) is 2.38. The summed E-state index contributed by atoms with van der Waals surface area (Å²) in [6, 6.07) is 30.0. The fraction of sp³-hybridized carbons (Fsp3) is 0.0476. The smallest absolute Gasteiger partial charge is 0.316 e. The summed E-state index contributed by atoms with van der Waals surface area (Å²) >= 11 is 0. The molecule has 1 aliphatic rings. The van der Waals surface area contributed by atoms with Crippen LogP contribution in [0.1, 0.15) is 11.1 Å². The van der Waals surface area contributed by atoms with Gasteiger partial charge in [0.25, 0.3) is 0 Å². The molecule has 0 aliphatic carbocycles. The third kappa shape index (κ3) is 2.47. The van der Waals surface area contributed by atoms with E-state index in [2.05, 4.69) is 103 Å². The van der Waals surface area contributed by atoms with Crippen molar-refractivity contribution < 1.29 is 0 Å². The Bertz CT molecular complexity index is 840. The average Bonchev–Trinajstić information content (AvgIpc) is 2.64. The van der Waals surface area contributed by atoms with Crippen molar-refractivity contribution >= 4 is 23.6 Å². The molecule has 4 rings (SSSR count). The second-order valence-corrected chi connectivity index (χ2v) is 5.93. The molecule has 110 valence electrons. The molecule has 1 aliphatic heterocycles. The minimum absolute atomic E-state index is 0.251. The van der Waals surface area contributed by atoms with Crippen LogP contribution in [0.15, 0.2) is 90.9 Å². The van der Waals surface area contributed by atoms with Crippen molar-refractivity contribution in [2.24, 2.45) is 0 Å². The maximum Gasteiger partial charge on any atom is 0.316 e. The molecule has 0 bridgehead atoms. The molecule has 23 heavy (non-hydrogen) atoms. The van der Waals surface area contributed by atoms with E-state index in [1.165, 1.54) is 27.9 Å². The van der Waals surface area contributed by atoms with Crippen molar-refractivity contribution in [3.63, 3.8) is 0 Å². The lowest BCUT2D eigenvalue weighted by molar-refractivity contribution is 1.28. The first-order valence-corrected chi connectivity index (χ1v) is 7.99. The van der Waals surface area contributed by atoms with E-state index in [9.17, 15) is 0 Å². The quantitative estimate of drug-likeness (QED) is 0.646. The predicted molar refractivity (Wildman–Crippen MR) is 100 cm³/mol. The molecule has 0 aromatic heterocycles. The summed E-state index contributed by atoms with van der Waals surface area (Å²) in [6.45, 7) is 0.251. The van der Waals surface area contributed by atoms with Crippen LogP contribution >= 0.6 is 0 Å². The van der Waals surface area contributed by atoms with Crippen LogP contribution in [0.25, 0.3) is 5.57 Å². The van der Waals surface area contributed by atoms with Crippen LogP contribution in [0.5, 0.6) is 0 Å². The Kier molecular flexibility index (Phi) is 3.51. The van der Waals surface area contributed by atoms with Crippen molar-refractivity contribution in [3.05, 3.63) is 102 Å². The monoisotopic (exact) mass is 295 g/mol. The van der Waals surface area contributed by atoms with Crippen molar-refractivity contribution in [1.82, 2.24) is 0 Å². The lowest BCUT2D eigenvalue weighted by Crippen LogP contribution is -2.47. The zero-order valence-electron chi connectivity index (χ0n) is 13.2. The third-order valence-corrected chi connectivity index (χ3v) is 4.54. The molecular formula is C21H18BN. The Morgan fingerprint density at radius 3 is 2.04 bits per heavy atom. The minimum atomic E-state index is 0.251. The van der Waals surface area contributed by atoms with E-state index >= 15 is 0 Å². The SMILES string of the molecule is CN1B(c2ccccc2)C=C(c2ccccc2)c2ccccc21. The predicted octanol–water partition coefficient (Wildman–Crippen LogP) is 4.01. The number of nitrogens with zero attached hydrogens (tertiary/aromatic N) is 1. The summed E-state index contributed by atoms with van der Waals surface area (Å²) < 4.78 is 0. The molecule has 0 N–H and O–H groups in total. The summed E-state index contributed by atoms with van der Waals surface area (Å²) in [5.41, 5.74) is 6.48. The van der Waals surface area contributed by atoms with Crippen LogP contribution in [-0.4, -0.2) is 13.9 Å². The van der Waals surface area contributed by atoms with E-state index in [0.29, 0.717) is 0 Å². The van der Waals surface area contributed by atoms with Crippen molar-refractivity contribution in [2.75, 3.05) is 11.9 Å². The number of para-hydroxylation sites is 1. The van der Waals surface area contributed by atoms with Gasteiger partial charge >= 0.3 is 6.85 Å². The molecule has 0 fully saturated rings. The largest absolute Gasteiger partial charge is 0.410 e. The van der Waals surface area contributed by atoms with E-state index < -0.39 is 0 Å². The second kappa shape index (κ2) is 5.81. The third-order valence-electron chi connectivity index (χ3n) is 4.54. The number of anilines is 1. The molecule has 0 amide bonds. The Balaban J connectivity index is 1.91. The molecule has 3 aromatic rings. The lowest BCUT2D eigenvalue weighted by atomic mass is 9.51. The van der Waals surface area contributed by atoms with E-state index in [0.717, 1.165) is 0 Å². The van der Waals surface area contributed by atoms with Crippen LogP contribution in [0.4, 0.5) is 5.69 Å². The van der Waals surface area contributed by atoms with Gasteiger partial charge in [-0.3, -0.25) is 0 Å². The molecule has 1 heterocycles. The highest BCUT2D eigenvalue weighted by Gasteiger charge is 2.28. The summed E-state index contributed by atoms with van der Waals surface area (Å²) in [5, 5.41) is 0. The number of benzene rings is 3. The molecule has 1 nitrogen and oxygen atoms in total. The molecule has 0 unspecified atom stereocenters. The number of hydrogen-bond donors (Lipinski definition) is 0. The van der Waals surface area contributed by atoms with Gasteiger partial charge in [-0.05, 0) is 24.3 Å². The van der Waals surface area contributed by atoms with Gasteiger partial charge in [0.2, 0.25) is 0 Å². The van der Waals surface area contributed by atoms with E-state index in [4.69, 9.17) is 0 Å². The lowest BCUT2D eigenvalue weighted by Gasteiger charge is -2.33. The van der Waals surface area contributed by atoms with Crippen LogP contribution in [-0.2, 0) is 0 Å². The highest BCUT2D eigenvalue weighted by molar-refractivity contribution is 6.82. The first-order valence-electron chi connectivity index (χ1n) is 7.99. The molecular weight excluding hydrogens is 277 g/mol. The fourth-order valence-corrected chi connectivity index (χ4v) is 3.36.